The van der Waals surface area contributed by atoms with Gasteiger partial charge in [-0.05, 0) is 18.1 Å². The van der Waals surface area contributed by atoms with Crippen molar-refractivity contribution in [2.45, 2.75) is 25.3 Å². The first-order valence-electron chi connectivity index (χ1n) is 9.95. The number of rotatable bonds is 5. The van der Waals surface area contributed by atoms with Gasteiger partial charge in [-0.1, -0.05) is 60.7 Å². The highest BCUT2D eigenvalue weighted by Crippen LogP contribution is 2.36. The zero-order valence-electron chi connectivity index (χ0n) is 16.4. The van der Waals surface area contributed by atoms with Crippen LogP contribution in [-0.2, 0) is 21.5 Å². The molecule has 2 fully saturated rings. The van der Waals surface area contributed by atoms with Gasteiger partial charge in [-0.25, -0.2) is 0 Å². The summed E-state index contributed by atoms with van der Waals surface area (Å²) < 4.78 is 0. The van der Waals surface area contributed by atoms with Gasteiger partial charge in [-0.3, -0.25) is 24.3 Å². The number of carbonyl (C=O) groups is 2. The molecule has 4 rings (SSSR count). The van der Waals surface area contributed by atoms with Gasteiger partial charge in [0.25, 0.3) is 0 Å². The second kappa shape index (κ2) is 7.86. The van der Waals surface area contributed by atoms with E-state index in [1.807, 2.05) is 43.3 Å². The summed E-state index contributed by atoms with van der Waals surface area (Å²) in [5, 5.41) is 0. The van der Waals surface area contributed by atoms with Crippen molar-refractivity contribution in [3.63, 3.8) is 0 Å². The molecule has 1 atom stereocenters. The third-order valence-corrected chi connectivity index (χ3v) is 5.99. The number of likely N-dealkylation sites (tertiary alicyclic amines) is 1. The van der Waals surface area contributed by atoms with E-state index >= 15 is 0 Å². The number of imide groups is 1. The van der Waals surface area contributed by atoms with Crippen LogP contribution in [0.3, 0.4) is 0 Å². The minimum atomic E-state index is -0.743. The maximum Gasteiger partial charge on any atom is 0.241 e. The molecule has 2 amide bonds. The first kappa shape index (κ1) is 18.8. The molecule has 28 heavy (non-hydrogen) atoms. The average Bonchev–Trinajstić information content (AvgIpc) is 2.95. The summed E-state index contributed by atoms with van der Waals surface area (Å²) >= 11 is 0. The molecule has 5 heteroatoms. The van der Waals surface area contributed by atoms with Crippen LogP contribution in [0.4, 0.5) is 0 Å². The SMILES string of the molecule is CC1(c2ccccc2)CC(=O)N(CN2CCN(Cc3ccccc3)CC2)C1=O. The monoisotopic (exact) mass is 377 g/mol. The second-order valence-corrected chi connectivity index (χ2v) is 8.02. The van der Waals surface area contributed by atoms with Crippen LogP contribution in [0.1, 0.15) is 24.5 Å². The molecule has 0 aliphatic carbocycles. The van der Waals surface area contributed by atoms with Crippen molar-refractivity contribution in [2.24, 2.45) is 0 Å². The fraction of sp³-hybridized carbons (Fsp3) is 0.391. The van der Waals surface area contributed by atoms with E-state index in [0.29, 0.717) is 6.67 Å². The van der Waals surface area contributed by atoms with Gasteiger partial charge < -0.3 is 0 Å². The van der Waals surface area contributed by atoms with Crippen molar-refractivity contribution in [3.05, 3.63) is 71.8 Å². The van der Waals surface area contributed by atoms with Crippen molar-refractivity contribution in [2.75, 3.05) is 32.8 Å². The summed E-state index contributed by atoms with van der Waals surface area (Å²) in [5.41, 5.74) is 1.50. The number of nitrogens with zero attached hydrogens (tertiary/aromatic N) is 3. The van der Waals surface area contributed by atoms with Crippen LogP contribution >= 0.6 is 0 Å². The molecule has 0 bridgehead atoms. The summed E-state index contributed by atoms with van der Waals surface area (Å²) in [6, 6.07) is 20.1. The Hall–Kier alpha value is -2.50. The zero-order valence-corrected chi connectivity index (χ0v) is 16.4. The van der Waals surface area contributed by atoms with Crippen LogP contribution in [0, 0.1) is 0 Å². The van der Waals surface area contributed by atoms with E-state index in [9.17, 15) is 9.59 Å². The molecule has 0 N–H and O–H groups in total. The minimum absolute atomic E-state index is 0.0666. The summed E-state index contributed by atoms with van der Waals surface area (Å²) in [5.74, 6) is -0.140. The molecule has 5 nitrogen and oxygen atoms in total. The Labute approximate surface area is 166 Å². The van der Waals surface area contributed by atoms with Gasteiger partial charge >= 0.3 is 0 Å². The lowest BCUT2D eigenvalue weighted by molar-refractivity contribution is -0.142. The van der Waals surface area contributed by atoms with Crippen molar-refractivity contribution in [1.82, 2.24) is 14.7 Å². The minimum Gasteiger partial charge on any atom is -0.297 e. The van der Waals surface area contributed by atoms with Crippen molar-refractivity contribution in [1.29, 1.82) is 0 Å². The Morgan fingerprint density at radius 2 is 1.39 bits per heavy atom. The molecule has 0 aromatic heterocycles. The van der Waals surface area contributed by atoms with Gasteiger partial charge in [0, 0.05) is 39.1 Å². The van der Waals surface area contributed by atoms with E-state index in [4.69, 9.17) is 0 Å². The van der Waals surface area contributed by atoms with Crippen LogP contribution in [0.15, 0.2) is 60.7 Å². The summed E-state index contributed by atoms with van der Waals surface area (Å²) in [4.78, 5) is 31.8. The maximum absolute atomic E-state index is 13.1. The molecule has 2 saturated heterocycles. The van der Waals surface area contributed by atoms with Gasteiger partial charge in [0.1, 0.15) is 0 Å². The van der Waals surface area contributed by atoms with Gasteiger partial charge in [0.15, 0.2) is 0 Å². The summed E-state index contributed by atoms with van der Waals surface area (Å²) in [7, 11) is 0. The van der Waals surface area contributed by atoms with Crippen molar-refractivity contribution < 1.29 is 9.59 Å². The third kappa shape index (κ3) is 3.73. The van der Waals surface area contributed by atoms with Gasteiger partial charge in [0.05, 0.1) is 12.1 Å². The molecular weight excluding hydrogens is 350 g/mol. The van der Waals surface area contributed by atoms with Crippen LogP contribution in [-0.4, -0.2) is 59.4 Å². The highest BCUT2D eigenvalue weighted by molar-refractivity contribution is 6.08. The van der Waals surface area contributed by atoms with Crippen LogP contribution in [0.5, 0.6) is 0 Å². The van der Waals surface area contributed by atoms with Crippen molar-refractivity contribution in [3.8, 4) is 0 Å². The zero-order chi connectivity index (χ0) is 19.6. The smallest absolute Gasteiger partial charge is 0.241 e. The second-order valence-electron chi connectivity index (χ2n) is 8.02. The summed E-state index contributed by atoms with van der Waals surface area (Å²) in [6.07, 6.45) is 0.254. The topological polar surface area (TPSA) is 43.9 Å². The number of benzene rings is 2. The number of piperazine rings is 1. The quantitative estimate of drug-likeness (QED) is 0.751. The Morgan fingerprint density at radius 3 is 2.04 bits per heavy atom. The number of amides is 2. The van der Waals surface area contributed by atoms with Gasteiger partial charge in [-0.2, -0.15) is 0 Å². The third-order valence-electron chi connectivity index (χ3n) is 5.99. The first-order valence-corrected chi connectivity index (χ1v) is 9.95. The fourth-order valence-electron chi connectivity index (χ4n) is 4.19. The van der Waals surface area contributed by atoms with Crippen LogP contribution in [0.25, 0.3) is 0 Å². The van der Waals surface area contributed by atoms with E-state index in [-0.39, 0.29) is 18.2 Å². The lowest BCUT2D eigenvalue weighted by Crippen LogP contribution is -2.51. The number of carbonyl (C=O) groups excluding carboxylic acids is 2. The first-order chi connectivity index (χ1) is 13.6. The number of hydrogen-bond donors (Lipinski definition) is 0. The molecule has 2 aromatic carbocycles. The lowest BCUT2D eigenvalue weighted by Gasteiger charge is -2.36. The molecule has 2 heterocycles. The lowest BCUT2D eigenvalue weighted by atomic mass is 9.81. The standard InChI is InChI=1S/C23H27N3O2/c1-23(20-10-6-3-7-11-20)16-21(27)26(22(23)28)18-25-14-12-24(13-15-25)17-19-8-4-2-5-9-19/h2-11H,12-18H2,1H3. The Balaban J connectivity index is 1.35. The maximum atomic E-state index is 13.1. The molecule has 0 saturated carbocycles. The van der Waals surface area contributed by atoms with E-state index in [0.717, 1.165) is 38.3 Å². The van der Waals surface area contributed by atoms with Gasteiger partial charge in [-0.15, -0.1) is 0 Å². The van der Waals surface area contributed by atoms with E-state index in [1.165, 1.54) is 10.5 Å². The van der Waals surface area contributed by atoms with Crippen LogP contribution < -0.4 is 0 Å². The molecule has 2 aromatic rings. The Morgan fingerprint density at radius 1 is 0.821 bits per heavy atom. The number of hydrogen-bond acceptors (Lipinski definition) is 4. The average molecular weight is 377 g/mol. The normalized spacial score (nSPS) is 24.1. The molecule has 0 radical (unpaired) electrons. The van der Waals surface area contributed by atoms with E-state index in [1.54, 1.807) is 0 Å². The van der Waals surface area contributed by atoms with E-state index < -0.39 is 5.41 Å². The molecule has 1 unspecified atom stereocenters. The molecule has 2 aliphatic rings. The largest absolute Gasteiger partial charge is 0.297 e. The highest BCUT2D eigenvalue weighted by atomic mass is 16.2. The molecular formula is C23H27N3O2. The predicted octanol–water partition coefficient (Wildman–Crippen LogP) is 2.48. The fourth-order valence-corrected chi connectivity index (χ4v) is 4.19. The molecule has 146 valence electrons. The molecule has 0 spiro atoms. The Kier molecular flexibility index (Phi) is 5.29. The molecule has 2 aliphatic heterocycles. The van der Waals surface area contributed by atoms with Gasteiger partial charge in [0.2, 0.25) is 11.8 Å². The highest BCUT2D eigenvalue weighted by Gasteiger charge is 2.49. The van der Waals surface area contributed by atoms with Crippen LogP contribution in [0.2, 0.25) is 0 Å². The Bertz CT molecular complexity index is 831. The van der Waals surface area contributed by atoms with Crippen molar-refractivity contribution >= 4 is 11.8 Å². The summed E-state index contributed by atoms with van der Waals surface area (Å²) in [6.45, 7) is 6.86. The predicted molar refractivity (Wildman–Crippen MR) is 108 cm³/mol. The van der Waals surface area contributed by atoms with E-state index in [2.05, 4.69) is 34.1 Å².